The van der Waals surface area contributed by atoms with Crippen molar-refractivity contribution in [2.24, 2.45) is 7.05 Å². The number of para-hydroxylation sites is 1. The summed E-state index contributed by atoms with van der Waals surface area (Å²) >= 11 is 6.16. The highest BCUT2D eigenvalue weighted by molar-refractivity contribution is 7.89. The molecule has 34 heavy (non-hydrogen) atoms. The van der Waals surface area contributed by atoms with Crippen molar-refractivity contribution in [1.29, 1.82) is 0 Å². The Morgan fingerprint density at radius 1 is 1.18 bits per heavy atom. The molecule has 0 aliphatic heterocycles. The molecule has 0 fully saturated rings. The molecule has 0 spiro atoms. The molecule has 0 aliphatic rings. The molecule has 2 aromatic heterocycles. The second kappa shape index (κ2) is 11.1. The molecule has 2 N–H and O–H groups in total. The molecule has 182 valence electrons. The largest absolute Gasteiger partial charge is 0.323 e. The molecule has 0 unspecified atom stereocenters. The average Bonchev–Trinajstić information content (AvgIpc) is 3.04. The lowest BCUT2D eigenvalue weighted by Crippen LogP contribution is -2.43. The molecule has 3 rings (SSSR count). The Morgan fingerprint density at radius 2 is 1.91 bits per heavy atom. The number of hydrogen-bond acceptors (Lipinski definition) is 6. The maximum Gasteiger partial charge on any atom is 0.246 e. The number of benzene rings is 1. The lowest BCUT2D eigenvalue weighted by Gasteiger charge is -2.19. The molecule has 3 aromatic rings. The number of rotatable bonds is 11. The number of aryl methyl sites for hydroxylation is 2. The summed E-state index contributed by atoms with van der Waals surface area (Å²) in [5.41, 5.74) is 1.48. The summed E-state index contributed by atoms with van der Waals surface area (Å²) < 4.78 is 30.0. The van der Waals surface area contributed by atoms with Gasteiger partial charge in [0.15, 0.2) is 0 Å². The van der Waals surface area contributed by atoms with Crippen LogP contribution in [0.4, 0.5) is 5.69 Å². The number of sulfonamides is 1. The standard InChI is InChI=1S/C23H28ClN5O4S/c1-15(30)9-5-4-6-12-20(28-34(32,33)21-16(2)27-29(3)22(21)24)23(31)26-18-13-17-10-7-8-11-19(17)25-14-18/h7-8,10-11,13-14,20,28H,4-6,9,12H2,1-3H3,(H,26,31)/t20-/m0/s1. The first kappa shape index (κ1) is 25.8. The summed E-state index contributed by atoms with van der Waals surface area (Å²) in [7, 11) is -2.58. The normalized spacial score (nSPS) is 12.6. The maximum absolute atomic E-state index is 13.1. The lowest BCUT2D eigenvalue weighted by atomic mass is 10.1. The van der Waals surface area contributed by atoms with Crippen LogP contribution in [0, 0.1) is 6.92 Å². The summed E-state index contributed by atoms with van der Waals surface area (Å²) in [6.07, 6.45) is 4.16. The number of carbonyl (C=O) groups excluding carboxylic acids is 2. The zero-order valence-electron chi connectivity index (χ0n) is 19.3. The van der Waals surface area contributed by atoms with Gasteiger partial charge in [0.2, 0.25) is 15.9 Å². The predicted molar refractivity (Wildman–Crippen MR) is 131 cm³/mol. The molecule has 0 radical (unpaired) electrons. The van der Waals surface area contributed by atoms with Crippen LogP contribution in [0.2, 0.25) is 5.15 Å². The fourth-order valence-electron chi connectivity index (χ4n) is 3.67. The average molecular weight is 506 g/mol. The number of carbonyl (C=O) groups is 2. The van der Waals surface area contributed by atoms with Crippen molar-refractivity contribution in [3.63, 3.8) is 0 Å². The van der Waals surface area contributed by atoms with E-state index in [4.69, 9.17) is 11.6 Å². The van der Waals surface area contributed by atoms with Crippen molar-refractivity contribution < 1.29 is 18.0 Å². The Balaban J connectivity index is 1.79. The Bertz CT molecular complexity index is 1310. The van der Waals surface area contributed by atoms with Crippen LogP contribution in [-0.4, -0.2) is 40.9 Å². The van der Waals surface area contributed by atoms with E-state index in [1.807, 2.05) is 24.3 Å². The van der Waals surface area contributed by atoms with Crippen LogP contribution in [-0.2, 0) is 26.7 Å². The minimum atomic E-state index is -4.12. The molecule has 1 aromatic carbocycles. The number of nitrogens with zero attached hydrogens (tertiary/aromatic N) is 3. The second-order valence-corrected chi connectivity index (χ2v) is 10.2. The number of unbranched alkanes of at least 4 members (excludes halogenated alkanes) is 2. The van der Waals surface area contributed by atoms with Gasteiger partial charge in [0.1, 0.15) is 21.9 Å². The highest BCUT2D eigenvalue weighted by Crippen LogP contribution is 2.25. The molecule has 0 saturated carbocycles. The van der Waals surface area contributed by atoms with Gasteiger partial charge in [0, 0.05) is 18.9 Å². The van der Waals surface area contributed by atoms with Gasteiger partial charge in [-0.3, -0.25) is 14.5 Å². The molecule has 1 atom stereocenters. The zero-order chi connectivity index (χ0) is 24.9. The van der Waals surface area contributed by atoms with Crippen molar-refractivity contribution in [2.75, 3.05) is 5.32 Å². The third-order valence-electron chi connectivity index (χ3n) is 5.36. The molecule has 0 bridgehead atoms. The van der Waals surface area contributed by atoms with E-state index in [0.717, 1.165) is 10.9 Å². The highest BCUT2D eigenvalue weighted by atomic mass is 35.5. The summed E-state index contributed by atoms with van der Waals surface area (Å²) in [6, 6.07) is 8.20. The van der Waals surface area contributed by atoms with Crippen molar-refractivity contribution in [2.45, 2.75) is 56.9 Å². The SMILES string of the molecule is CC(=O)CCCCC[C@H](NS(=O)(=O)c1c(C)nn(C)c1Cl)C(=O)Nc1cnc2ccccc2c1. The van der Waals surface area contributed by atoms with E-state index < -0.39 is 22.0 Å². The number of nitrogens with one attached hydrogen (secondary N) is 2. The molecule has 0 aliphatic carbocycles. The van der Waals surface area contributed by atoms with Gasteiger partial charge in [-0.05, 0) is 38.8 Å². The topological polar surface area (TPSA) is 123 Å². The van der Waals surface area contributed by atoms with E-state index >= 15 is 0 Å². The summed E-state index contributed by atoms with van der Waals surface area (Å²) in [6.45, 7) is 3.07. The number of halogens is 1. The number of Topliss-reactive ketones (excluding diaryl/α,β-unsaturated/α-hetero) is 1. The van der Waals surface area contributed by atoms with Gasteiger partial charge < -0.3 is 10.1 Å². The van der Waals surface area contributed by atoms with Gasteiger partial charge in [0.25, 0.3) is 0 Å². The fraction of sp³-hybridized carbons (Fsp3) is 0.391. The summed E-state index contributed by atoms with van der Waals surface area (Å²) in [5, 5.41) is 7.63. The highest BCUT2D eigenvalue weighted by Gasteiger charge is 2.30. The van der Waals surface area contributed by atoms with Gasteiger partial charge in [-0.2, -0.15) is 9.82 Å². The van der Waals surface area contributed by atoms with E-state index in [0.29, 0.717) is 31.4 Å². The van der Waals surface area contributed by atoms with Crippen LogP contribution >= 0.6 is 11.6 Å². The fourth-order valence-corrected chi connectivity index (χ4v) is 5.65. The van der Waals surface area contributed by atoms with E-state index in [1.165, 1.54) is 24.7 Å². The molecule has 0 saturated heterocycles. The van der Waals surface area contributed by atoms with Crippen molar-refractivity contribution in [1.82, 2.24) is 19.5 Å². The molecule has 9 nitrogen and oxygen atoms in total. The Kier molecular flexibility index (Phi) is 8.40. The van der Waals surface area contributed by atoms with Gasteiger partial charge in [-0.1, -0.05) is 42.6 Å². The number of ketones is 1. The van der Waals surface area contributed by atoms with Crippen molar-refractivity contribution in [3.05, 3.63) is 47.4 Å². The van der Waals surface area contributed by atoms with E-state index in [2.05, 4.69) is 20.1 Å². The number of anilines is 1. The van der Waals surface area contributed by atoms with Gasteiger partial charge in [0.05, 0.1) is 23.1 Å². The quantitative estimate of drug-likeness (QED) is 0.382. The molecule has 2 heterocycles. The van der Waals surface area contributed by atoms with Crippen LogP contribution in [0.3, 0.4) is 0 Å². The predicted octanol–water partition coefficient (Wildman–Crippen LogP) is 3.76. The maximum atomic E-state index is 13.1. The van der Waals surface area contributed by atoms with Crippen LogP contribution in [0.15, 0.2) is 41.4 Å². The van der Waals surface area contributed by atoms with Crippen LogP contribution in [0.25, 0.3) is 10.9 Å². The third kappa shape index (κ3) is 6.40. The van der Waals surface area contributed by atoms with Gasteiger partial charge in [-0.15, -0.1) is 0 Å². The second-order valence-electron chi connectivity index (χ2n) is 8.21. The van der Waals surface area contributed by atoms with Crippen molar-refractivity contribution >= 4 is 49.9 Å². The minimum absolute atomic E-state index is 0.0376. The van der Waals surface area contributed by atoms with Crippen molar-refractivity contribution in [3.8, 4) is 0 Å². The summed E-state index contributed by atoms with van der Waals surface area (Å²) in [5.74, 6) is -0.412. The molecular formula is C23H28ClN5O4S. The molecular weight excluding hydrogens is 478 g/mol. The van der Waals surface area contributed by atoms with E-state index in [-0.39, 0.29) is 27.9 Å². The van der Waals surface area contributed by atoms with Gasteiger partial charge >= 0.3 is 0 Å². The zero-order valence-corrected chi connectivity index (χ0v) is 20.9. The first-order valence-electron chi connectivity index (χ1n) is 10.9. The lowest BCUT2D eigenvalue weighted by molar-refractivity contribution is -0.118. The van der Waals surface area contributed by atoms with Crippen LogP contribution in [0.5, 0.6) is 0 Å². The number of pyridine rings is 1. The van der Waals surface area contributed by atoms with Crippen LogP contribution < -0.4 is 10.0 Å². The smallest absolute Gasteiger partial charge is 0.246 e. The number of aromatic nitrogens is 3. The molecule has 1 amide bonds. The first-order chi connectivity index (χ1) is 16.1. The Labute approximate surface area is 203 Å². The monoisotopic (exact) mass is 505 g/mol. The third-order valence-corrected chi connectivity index (χ3v) is 7.53. The number of amides is 1. The summed E-state index contributed by atoms with van der Waals surface area (Å²) in [4.78, 5) is 28.5. The number of hydrogen-bond donors (Lipinski definition) is 2. The van der Waals surface area contributed by atoms with Gasteiger partial charge in [-0.25, -0.2) is 8.42 Å². The minimum Gasteiger partial charge on any atom is -0.323 e. The first-order valence-corrected chi connectivity index (χ1v) is 12.8. The Morgan fingerprint density at radius 3 is 2.59 bits per heavy atom. The van der Waals surface area contributed by atoms with E-state index in [9.17, 15) is 18.0 Å². The number of fused-ring (bicyclic) bond motifs is 1. The Hall–Kier alpha value is -2.82. The molecule has 11 heteroatoms. The van der Waals surface area contributed by atoms with E-state index in [1.54, 1.807) is 13.1 Å². The van der Waals surface area contributed by atoms with Crippen LogP contribution in [0.1, 0.15) is 44.7 Å².